The Morgan fingerprint density at radius 2 is 1.91 bits per heavy atom. The number of carbonyl (C=O) groups is 3. The van der Waals surface area contributed by atoms with E-state index in [1.165, 1.54) is 11.3 Å². The molecular weight excluding hydrogens is 318 g/mol. The number of thiophene rings is 1. The summed E-state index contributed by atoms with van der Waals surface area (Å²) < 4.78 is 5.03. The number of ether oxygens (including phenoxy) is 1. The minimum Gasteiger partial charge on any atom is -0.462 e. The van der Waals surface area contributed by atoms with Crippen LogP contribution in [0.1, 0.15) is 41.9 Å². The maximum absolute atomic E-state index is 12.0. The molecular formula is C15H24N3O4S+. The second kappa shape index (κ2) is 9.26. The van der Waals surface area contributed by atoms with E-state index in [2.05, 4.69) is 10.6 Å². The van der Waals surface area contributed by atoms with Crippen molar-refractivity contribution in [3.63, 3.8) is 0 Å². The van der Waals surface area contributed by atoms with Crippen molar-refractivity contribution >= 4 is 34.1 Å². The van der Waals surface area contributed by atoms with E-state index in [-0.39, 0.29) is 37.4 Å². The summed E-state index contributed by atoms with van der Waals surface area (Å²) in [7, 11) is 1.54. The summed E-state index contributed by atoms with van der Waals surface area (Å²) in [5.41, 5.74) is 0.375. The Morgan fingerprint density at radius 3 is 2.48 bits per heavy atom. The van der Waals surface area contributed by atoms with Gasteiger partial charge in [-0.1, -0.05) is 13.8 Å². The lowest BCUT2D eigenvalue weighted by Crippen LogP contribution is -2.88. The number of hydrogen-bond acceptors (Lipinski definition) is 5. The SMILES string of the molecule is CCOC(=O)c1cc(C(C)C)sc1NC(=O)C[NH2+]CC(=O)NC. The van der Waals surface area contributed by atoms with Gasteiger partial charge in [0.05, 0.1) is 12.2 Å². The van der Waals surface area contributed by atoms with Gasteiger partial charge in [-0.2, -0.15) is 0 Å². The van der Waals surface area contributed by atoms with Crippen molar-refractivity contribution < 1.29 is 24.4 Å². The van der Waals surface area contributed by atoms with Gasteiger partial charge < -0.3 is 20.7 Å². The Balaban J connectivity index is 2.75. The number of rotatable bonds is 8. The van der Waals surface area contributed by atoms with Crippen LogP contribution in [0.5, 0.6) is 0 Å². The summed E-state index contributed by atoms with van der Waals surface area (Å²) in [5, 5.41) is 7.30. The predicted molar refractivity (Wildman–Crippen MR) is 88.7 cm³/mol. The molecule has 0 unspecified atom stereocenters. The molecule has 4 N–H and O–H groups in total. The average Bonchev–Trinajstić information content (AvgIpc) is 2.91. The van der Waals surface area contributed by atoms with E-state index in [4.69, 9.17) is 4.74 Å². The molecule has 1 heterocycles. The van der Waals surface area contributed by atoms with Gasteiger partial charge in [0.15, 0.2) is 13.1 Å². The fourth-order valence-corrected chi connectivity index (χ4v) is 2.83. The van der Waals surface area contributed by atoms with Gasteiger partial charge in [0.2, 0.25) is 0 Å². The number of likely N-dealkylation sites (N-methyl/N-ethyl adjacent to an activating group) is 1. The van der Waals surface area contributed by atoms with E-state index in [9.17, 15) is 14.4 Å². The molecule has 8 heteroatoms. The van der Waals surface area contributed by atoms with Gasteiger partial charge in [-0.15, -0.1) is 11.3 Å². The third-order valence-corrected chi connectivity index (χ3v) is 4.36. The van der Waals surface area contributed by atoms with Crippen LogP contribution in [0, 0.1) is 0 Å². The van der Waals surface area contributed by atoms with Gasteiger partial charge in [0.1, 0.15) is 5.00 Å². The molecule has 0 saturated carbocycles. The Kier molecular flexibility index (Phi) is 7.70. The fourth-order valence-electron chi connectivity index (χ4n) is 1.76. The van der Waals surface area contributed by atoms with Crippen molar-refractivity contribution in [2.75, 3.05) is 32.1 Å². The molecule has 0 spiro atoms. The zero-order valence-corrected chi connectivity index (χ0v) is 14.7. The number of quaternary nitrogens is 1. The number of carbonyl (C=O) groups excluding carboxylic acids is 3. The van der Waals surface area contributed by atoms with Crippen molar-refractivity contribution in [2.45, 2.75) is 26.7 Å². The van der Waals surface area contributed by atoms with E-state index in [1.54, 1.807) is 25.4 Å². The Bertz CT molecular complexity index is 569. The van der Waals surface area contributed by atoms with Crippen molar-refractivity contribution in [3.05, 3.63) is 16.5 Å². The molecule has 0 aliphatic carbocycles. The first kappa shape index (κ1) is 19.1. The second-order valence-electron chi connectivity index (χ2n) is 5.19. The normalized spacial score (nSPS) is 10.5. The maximum atomic E-state index is 12.0. The molecule has 0 saturated heterocycles. The number of hydrogen-bond donors (Lipinski definition) is 3. The third-order valence-electron chi connectivity index (χ3n) is 3.01. The van der Waals surface area contributed by atoms with Gasteiger partial charge in [-0.25, -0.2) is 4.79 Å². The highest BCUT2D eigenvalue weighted by Gasteiger charge is 2.20. The zero-order chi connectivity index (χ0) is 17.4. The lowest BCUT2D eigenvalue weighted by atomic mass is 10.1. The standard InChI is InChI=1S/C15H23N3O4S/c1-5-22-15(21)10-6-11(9(2)3)23-14(10)18-13(20)8-17-7-12(19)16-4/h6,9,17H,5,7-8H2,1-4H3,(H,16,19)(H,18,20)/p+1. The Morgan fingerprint density at radius 1 is 1.26 bits per heavy atom. The summed E-state index contributed by atoms with van der Waals surface area (Å²) in [5.74, 6) is -0.612. The molecule has 0 fully saturated rings. The number of anilines is 1. The molecule has 0 aromatic carbocycles. The number of esters is 1. The smallest absolute Gasteiger partial charge is 0.341 e. The largest absolute Gasteiger partial charge is 0.462 e. The average molecular weight is 342 g/mol. The summed E-state index contributed by atoms with van der Waals surface area (Å²) in [4.78, 5) is 36.1. The van der Waals surface area contributed by atoms with E-state index in [1.807, 2.05) is 13.8 Å². The fraction of sp³-hybridized carbons (Fsp3) is 0.533. The monoisotopic (exact) mass is 342 g/mol. The minimum atomic E-state index is -0.444. The van der Waals surface area contributed by atoms with Gasteiger partial charge in [-0.3, -0.25) is 9.59 Å². The lowest BCUT2D eigenvalue weighted by molar-refractivity contribution is -0.632. The maximum Gasteiger partial charge on any atom is 0.341 e. The van der Waals surface area contributed by atoms with Crippen LogP contribution in [0.15, 0.2) is 6.07 Å². The van der Waals surface area contributed by atoms with Crippen LogP contribution in [0.2, 0.25) is 0 Å². The summed E-state index contributed by atoms with van der Waals surface area (Å²) in [6, 6.07) is 1.76. The molecule has 1 aromatic heterocycles. The van der Waals surface area contributed by atoms with Crippen LogP contribution in [0.4, 0.5) is 5.00 Å². The number of amides is 2. The molecule has 2 amide bonds. The summed E-state index contributed by atoms with van der Waals surface area (Å²) in [6.45, 7) is 6.33. The summed E-state index contributed by atoms with van der Waals surface area (Å²) in [6.07, 6.45) is 0. The highest BCUT2D eigenvalue weighted by atomic mass is 32.1. The molecule has 1 rings (SSSR count). The van der Waals surface area contributed by atoms with Crippen molar-refractivity contribution in [2.24, 2.45) is 0 Å². The van der Waals surface area contributed by atoms with Gasteiger partial charge in [-0.05, 0) is 18.9 Å². The second-order valence-corrected chi connectivity index (χ2v) is 6.27. The Hall–Kier alpha value is -1.93. The first-order valence-electron chi connectivity index (χ1n) is 7.51. The van der Waals surface area contributed by atoms with Crippen LogP contribution in [-0.4, -0.2) is 44.5 Å². The molecule has 7 nitrogen and oxygen atoms in total. The lowest BCUT2D eigenvalue weighted by Gasteiger charge is -2.05. The molecule has 0 bridgehead atoms. The van der Waals surface area contributed by atoms with E-state index < -0.39 is 5.97 Å². The van der Waals surface area contributed by atoms with Crippen LogP contribution in [0.25, 0.3) is 0 Å². The number of nitrogens with two attached hydrogens (primary N) is 1. The molecule has 23 heavy (non-hydrogen) atoms. The molecule has 1 aromatic rings. The highest BCUT2D eigenvalue weighted by Crippen LogP contribution is 2.33. The van der Waals surface area contributed by atoms with Gasteiger partial charge >= 0.3 is 5.97 Å². The molecule has 0 aliphatic heterocycles. The zero-order valence-electron chi connectivity index (χ0n) is 13.9. The van der Waals surface area contributed by atoms with Crippen LogP contribution in [-0.2, 0) is 14.3 Å². The van der Waals surface area contributed by atoms with Crippen molar-refractivity contribution in [3.8, 4) is 0 Å². The third kappa shape index (κ3) is 5.99. The first-order chi connectivity index (χ1) is 10.9. The van der Waals surface area contributed by atoms with Crippen molar-refractivity contribution in [1.29, 1.82) is 0 Å². The topological polar surface area (TPSA) is 101 Å². The molecule has 0 radical (unpaired) electrons. The Labute approximate surface area is 139 Å². The predicted octanol–water partition coefficient (Wildman–Crippen LogP) is 0.296. The van der Waals surface area contributed by atoms with Crippen LogP contribution < -0.4 is 16.0 Å². The van der Waals surface area contributed by atoms with E-state index in [0.29, 0.717) is 10.6 Å². The number of nitrogens with one attached hydrogen (secondary N) is 2. The molecule has 0 aliphatic rings. The molecule has 0 atom stereocenters. The first-order valence-corrected chi connectivity index (χ1v) is 8.33. The van der Waals surface area contributed by atoms with Crippen LogP contribution >= 0.6 is 11.3 Å². The molecule has 128 valence electrons. The van der Waals surface area contributed by atoms with Gasteiger partial charge in [0, 0.05) is 11.9 Å². The van der Waals surface area contributed by atoms with Crippen LogP contribution in [0.3, 0.4) is 0 Å². The highest BCUT2D eigenvalue weighted by molar-refractivity contribution is 7.16. The quantitative estimate of drug-likeness (QED) is 0.591. The summed E-state index contributed by atoms with van der Waals surface area (Å²) >= 11 is 1.37. The van der Waals surface area contributed by atoms with Gasteiger partial charge in [0.25, 0.3) is 11.8 Å². The van der Waals surface area contributed by atoms with E-state index >= 15 is 0 Å². The van der Waals surface area contributed by atoms with E-state index in [0.717, 1.165) is 4.88 Å². The van der Waals surface area contributed by atoms with Crippen molar-refractivity contribution in [1.82, 2.24) is 5.32 Å². The minimum absolute atomic E-state index is 0.102.